The lowest BCUT2D eigenvalue weighted by Gasteiger charge is -2.13. The van der Waals surface area contributed by atoms with Gasteiger partial charge in [-0.15, -0.1) is 0 Å². The van der Waals surface area contributed by atoms with Gasteiger partial charge in [0.15, 0.2) is 5.16 Å². The first-order valence-corrected chi connectivity index (χ1v) is 11.3. The normalized spacial score (nSPS) is 11.2. The smallest absolute Gasteiger partial charge is 0.288 e. The zero-order chi connectivity index (χ0) is 22.2. The number of halogens is 2. The van der Waals surface area contributed by atoms with Crippen molar-refractivity contribution in [3.63, 3.8) is 0 Å². The van der Waals surface area contributed by atoms with Crippen LogP contribution < -0.4 is 10.9 Å². The second-order valence-electron chi connectivity index (χ2n) is 6.45. The highest BCUT2D eigenvalue weighted by Gasteiger charge is 2.13. The number of carbonyl (C=O) groups is 1. The molecular formula is C21H21F2N3O3S2. The summed E-state index contributed by atoms with van der Waals surface area (Å²) < 4.78 is 31.4. The van der Waals surface area contributed by atoms with Gasteiger partial charge in [-0.1, -0.05) is 35.7 Å². The van der Waals surface area contributed by atoms with Crippen LogP contribution in [-0.2, 0) is 16.1 Å². The molecule has 0 bridgehead atoms. The van der Waals surface area contributed by atoms with Crippen molar-refractivity contribution in [2.45, 2.75) is 28.8 Å². The molecule has 1 aromatic heterocycles. The van der Waals surface area contributed by atoms with Gasteiger partial charge in [0.05, 0.1) is 16.7 Å². The van der Waals surface area contributed by atoms with Crippen LogP contribution in [0.15, 0.2) is 63.4 Å². The minimum absolute atomic E-state index is 0.0442. The number of benzene rings is 2. The fourth-order valence-corrected chi connectivity index (χ4v) is 4.19. The van der Waals surface area contributed by atoms with Gasteiger partial charge in [0, 0.05) is 30.8 Å². The maximum Gasteiger partial charge on any atom is 0.288 e. The third-order valence-electron chi connectivity index (χ3n) is 4.25. The van der Waals surface area contributed by atoms with Crippen molar-refractivity contribution >= 4 is 46.0 Å². The Morgan fingerprint density at radius 1 is 1.19 bits per heavy atom. The fourth-order valence-electron chi connectivity index (χ4n) is 2.87. The number of amides is 1. The highest BCUT2D eigenvalue weighted by Crippen LogP contribution is 2.26. The molecule has 0 atom stereocenters. The molecule has 1 heterocycles. The Bertz CT molecular complexity index is 1090. The summed E-state index contributed by atoms with van der Waals surface area (Å²) in [6.07, 6.45) is 0.638. The average molecular weight is 466 g/mol. The summed E-state index contributed by atoms with van der Waals surface area (Å²) in [6.45, 7) is 0.932. The fraction of sp³-hybridized carbons (Fsp3) is 0.286. The van der Waals surface area contributed by atoms with Gasteiger partial charge in [0.2, 0.25) is 5.91 Å². The van der Waals surface area contributed by atoms with E-state index in [4.69, 9.17) is 4.74 Å². The molecule has 3 rings (SSSR count). The van der Waals surface area contributed by atoms with Crippen molar-refractivity contribution in [2.24, 2.45) is 0 Å². The van der Waals surface area contributed by atoms with Gasteiger partial charge < -0.3 is 10.1 Å². The molecule has 6 nitrogen and oxygen atoms in total. The molecule has 31 heavy (non-hydrogen) atoms. The molecule has 0 aliphatic heterocycles. The number of ether oxygens (including phenoxy) is 1. The number of methoxy groups -OCH3 is 1. The Morgan fingerprint density at radius 3 is 2.65 bits per heavy atom. The summed E-state index contributed by atoms with van der Waals surface area (Å²) >= 11 is 1.61. The summed E-state index contributed by atoms with van der Waals surface area (Å²) in [5.41, 5.74) is 0.926. The number of aromatic nitrogens is 2. The lowest BCUT2D eigenvalue weighted by Crippen LogP contribution is -2.25. The van der Waals surface area contributed by atoms with E-state index in [1.54, 1.807) is 48.1 Å². The van der Waals surface area contributed by atoms with Crippen LogP contribution in [0.25, 0.3) is 10.9 Å². The molecule has 10 heteroatoms. The second-order valence-corrected chi connectivity index (χ2v) is 8.46. The quantitative estimate of drug-likeness (QED) is 0.270. The average Bonchev–Trinajstić information content (AvgIpc) is 2.75. The molecule has 0 aliphatic carbocycles. The Labute approximate surface area is 186 Å². The van der Waals surface area contributed by atoms with E-state index in [0.717, 1.165) is 0 Å². The minimum atomic E-state index is -2.49. The topological polar surface area (TPSA) is 73.2 Å². The first-order chi connectivity index (χ1) is 15.0. The van der Waals surface area contributed by atoms with Crippen molar-refractivity contribution < 1.29 is 18.3 Å². The summed E-state index contributed by atoms with van der Waals surface area (Å²) in [5, 5.41) is 3.71. The third kappa shape index (κ3) is 6.52. The van der Waals surface area contributed by atoms with Crippen molar-refractivity contribution in [3.05, 3.63) is 58.9 Å². The van der Waals surface area contributed by atoms with Crippen molar-refractivity contribution in [1.29, 1.82) is 0 Å². The van der Waals surface area contributed by atoms with E-state index in [0.29, 0.717) is 58.0 Å². The molecule has 0 saturated carbocycles. The van der Waals surface area contributed by atoms with Crippen molar-refractivity contribution in [3.8, 4) is 0 Å². The number of nitrogens with zero attached hydrogens (tertiary/aromatic N) is 2. The van der Waals surface area contributed by atoms with Crippen LogP contribution in [0.5, 0.6) is 0 Å². The Morgan fingerprint density at radius 2 is 1.94 bits per heavy atom. The molecule has 0 saturated heterocycles. The molecule has 2 aromatic carbocycles. The number of para-hydroxylation sites is 1. The molecule has 0 unspecified atom stereocenters. The van der Waals surface area contributed by atoms with E-state index in [9.17, 15) is 18.4 Å². The van der Waals surface area contributed by atoms with Gasteiger partial charge in [-0.3, -0.25) is 14.2 Å². The largest absolute Gasteiger partial charge is 0.385 e. The molecule has 1 N–H and O–H groups in total. The van der Waals surface area contributed by atoms with Gasteiger partial charge >= 0.3 is 0 Å². The lowest BCUT2D eigenvalue weighted by atomic mass is 10.2. The predicted molar refractivity (Wildman–Crippen MR) is 120 cm³/mol. The Balaban J connectivity index is 1.70. The van der Waals surface area contributed by atoms with E-state index >= 15 is 0 Å². The van der Waals surface area contributed by atoms with Crippen LogP contribution in [-0.4, -0.2) is 40.7 Å². The number of alkyl halides is 2. The van der Waals surface area contributed by atoms with E-state index in [2.05, 4.69) is 10.3 Å². The van der Waals surface area contributed by atoms with E-state index in [1.165, 1.54) is 23.9 Å². The molecule has 164 valence electrons. The molecule has 0 fully saturated rings. The van der Waals surface area contributed by atoms with Gasteiger partial charge in [0.25, 0.3) is 11.3 Å². The summed E-state index contributed by atoms with van der Waals surface area (Å²) in [6, 6.07) is 13.3. The zero-order valence-corrected chi connectivity index (χ0v) is 18.3. The Kier molecular flexibility index (Phi) is 8.44. The summed E-state index contributed by atoms with van der Waals surface area (Å²) in [7, 11) is 1.60. The Hall–Kier alpha value is -2.43. The van der Waals surface area contributed by atoms with Crippen LogP contribution in [0.1, 0.15) is 6.42 Å². The number of anilines is 1. The van der Waals surface area contributed by atoms with Gasteiger partial charge in [0.1, 0.15) is 0 Å². The standard InChI is InChI=1S/C21H21F2N3O3S2/c1-29-12-4-11-26-19(28)16-5-2-3-6-17(16)25-21(26)30-13-18(27)24-14-7-9-15(10-8-14)31-20(22)23/h2-3,5-10,20H,4,11-13H2,1H3,(H,24,27). The monoisotopic (exact) mass is 465 g/mol. The van der Waals surface area contributed by atoms with Crippen LogP contribution in [0.4, 0.5) is 14.5 Å². The minimum Gasteiger partial charge on any atom is -0.385 e. The van der Waals surface area contributed by atoms with Gasteiger partial charge in [-0.2, -0.15) is 8.78 Å². The van der Waals surface area contributed by atoms with E-state index < -0.39 is 5.76 Å². The molecule has 0 spiro atoms. The number of thioether (sulfide) groups is 2. The van der Waals surface area contributed by atoms with Crippen LogP contribution in [0.2, 0.25) is 0 Å². The molecular weight excluding hydrogens is 444 g/mol. The summed E-state index contributed by atoms with van der Waals surface area (Å²) in [4.78, 5) is 30.3. The second kappa shape index (κ2) is 11.3. The molecule has 0 aliphatic rings. The number of nitrogens with one attached hydrogen (secondary N) is 1. The van der Waals surface area contributed by atoms with E-state index in [-0.39, 0.29) is 17.2 Å². The van der Waals surface area contributed by atoms with Crippen LogP contribution >= 0.6 is 23.5 Å². The van der Waals surface area contributed by atoms with Crippen LogP contribution in [0.3, 0.4) is 0 Å². The lowest BCUT2D eigenvalue weighted by molar-refractivity contribution is -0.113. The van der Waals surface area contributed by atoms with Gasteiger partial charge in [-0.25, -0.2) is 4.98 Å². The van der Waals surface area contributed by atoms with E-state index in [1.807, 2.05) is 0 Å². The van der Waals surface area contributed by atoms with Crippen molar-refractivity contribution in [1.82, 2.24) is 9.55 Å². The SMILES string of the molecule is COCCCn1c(SCC(=O)Nc2ccc(SC(F)F)cc2)nc2ccccc2c1=O. The third-order valence-corrected chi connectivity index (χ3v) is 5.95. The predicted octanol–water partition coefficient (Wildman–Crippen LogP) is 4.48. The highest BCUT2D eigenvalue weighted by atomic mass is 32.2. The zero-order valence-electron chi connectivity index (χ0n) is 16.7. The number of hydrogen-bond acceptors (Lipinski definition) is 6. The van der Waals surface area contributed by atoms with Gasteiger partial charge in [-0.05, 0) is 42.8 Å². The molecule has 0 radical (unpaired) electrons. The highest BCUT2D eigenvalue weighted by molar-refractivity contribution is 8.00. The molecule has 1 amide bonds. The first-order valence-electron chi connectivity index (χ1n) is 9.44. The summed E-state index contributed by atoms with van der Waals surface area (Å²) in [5.74, 6) is -2.74. The van der Waals surface area contributed by atoms with Crippen LogP contribution in [0, 0.1) is 0 Å². The number of hydrogen-bond donors (Lipinski definition) is 1. The maximum atomic E-state index is 12.9. The molecule has 3 aromatic rings. The number of fused-ring (bicyclic) bond motifs is 1. The van der Waals surface area contributed by atoms with Crippen molar-refractivity contribution in [2.75, 3.05) is 24.8 Å². The first kappa shape index (κ1) is 23.2. The number of carbonyl (C=O) groups excluding carboxylic acids is 1. The maximum absolute atomic E-state index is 12.9. The number of rotatable bonds is 10.